The number of nitrogens with one attached hydrogen (secondary N) is 1. The molecule has 0 heterocycles. The van der Waals surface area contributed by atoms with Crippen molar-refractivity contribution in [1.82, 2.24) is 10.2 Å². The molecule has 2 aromatic carbocycles. The van der Waals surface area contributed by atoms with E-state index < -0.39 is 6.04 Å². The topological polar surface area (TPSA) is 58.6 Å². The summed E-state index contributed by atoms with van der Waals surface area (Å²) < 4.78 is 6.69. The number of benzene rings is 2. The molecule has 1 atom stereocenters. The third-order valence-corrected chi connectivity index (χ3v) is 5.57. The van der Waals surface area contributed by atoms with Crippen molar-refractivity contribution in [3.8, 4) is 5.75 Å². The zero-order valence-electron chi connectivity index (χ0n) is 16.4. The van der Waals surface area contributed by atoms with Gasteiger partial charge < -0.3 is 15.0 Å². The molecule has 0 bridgehead atoms. The van der Waals surface area contributed by atoms with E-state index in [0.717, 1.165) is 9.13 Å². The second-order valence-corrected chi connectivity index (χ2v) is 8.91. The molecule has 0 aliphatic carbocycles. The van der Waals surface area contributed by atoms with Crippen LogP contribution in [-0.4, -0.2) is 35.4 Å². The first-order valence-electron chi connectivity index (χ1n) is 9.09. The molecule has 0 saturated carbocycles. The highest BCUT2D eigenvalue weighted by atomic mass is 127. The number of carbonyl (C=O) groups is 2. The van der Waals surface area contributed by atoms with Crippen molar-refractivity contribution >= 4 is 57.6 Å². The Kier molecular flexibility index (Phi) is 9.04. The molecule has 1 unspecified atom stereocenters. The number of hydrogen-bond acceptors (Lipinski definition) is 3. The Morgan fingerprint density at radius 3 is 2.31 bits per heavy atom. The number of ether oxygens (including phenoxy) is 1. The lowest BCUT2D eigenvalue weighted by atomic mass is 10.1. The van der Waals surface area contributed by atoms with Crippen molar-refractivity contribution in [3.05, 3.63) is 61.6 Å². The van der Waals surface area contributed by atoms with Gasteiger partial charge in [-0.15, -0.1) is 0 Å². The molecule has 0 radical (unpaired) electrons. The summed E-state index contributed by atoms with van der Waals surface area (Å²) in [7, 11) is 0. The number of nitrogens with zero attached hydrogens (tertiary/aromatic N) is 1. The average molecular weight is 549 g/mol. The predicted molar refractivity (Wildman–Crippen MR) is 124 cm³/mol. The summed E-state index contributed by atoms with van der Waals surface area (Å²) in [4.78, 5) is 26.9. The molecule has 0 spiro atoms. The zero-order chi connectivity index (χ0) is 21.6. The zero-order valence-corrected chi connectivity index (χ0v) is 20.1. The lowest BCUT2D eigenvalue weighted by Gasteiger charge is -2.29. The molecule has 2 aromatic rings. The Labute approximate surface area is 194 Å². The lowest BCUT2D eigenvalue weighted by Crippen LogP contribution is -2.50. The second-order valence-electron chi connectivity index (χ2n) is 6.85. The Morgan fingerprint density at radius 1 is 1.07 bits per heavy atom. The first kappa shape index (κ1) is 23.8. The van der Waals surface area contributed by atoms with E-state index in [0.29, 0.717) is 15.8 Å². The predicted octanol–water partition coefficient (Wildman–Crippen LogP) is 4.92. The van der Waals surface area contributed by atoms with Gasteiger partial charge in [0.1, 0.15) is 11.8 Å². The Bertz CT molecular complexity index is 860. The van der Waals surface area contributed by atoms with Gasteiger partial charge in [0.15, 0.2) is 6.61 Å². The summed E-state index contributed by atoms with van der Waals surface area (Å²) in [5, 5.41) is 3.67. The van der Waals surface area contributed by atoms with E-state index in [4.69, 9.17) is 27.9 Å². The Hall–Kier alpha value is -1.51. The van der Waals surface area contributed by atoms with Crippen LogP contribution in [0.3, 0.4) is 0 Å². The van der Waals surface area contributed by atoms with E-state index >= 15 is 0 Å². The van der Waals surface area contributed by atoms with Crippen molar-refractivity contribution in [2.45, 2.75) is 39.4 Å². The fourth-order valence-electron chi connectivity index (χ4n) is 2.58. The lowest BCUT2D eigenvalue weighted by molar-refractivity contribution is -0.142. The van der Waals surface area contributed by atoms with Crippen LogP contribution in [0.15, 0.2) is 42.5 Å². The van der Waals surface area contributed by atoms with Crippen LogP contribution in [0.25, 0.3) is 0 Å². The van der Waals surface area contributed by atoms with Gasteiger partial charge in [-0.1, -0.05) is 29.3 Å². The molecular weight excluding hydrogens is 526 g/mol. The van der Waals surface area contributed by atoms with Crippen LogP contribution >= 0.6 is 45.8 Å². The van der Waals surface area contributed by atoms with E-state index in [1.165, 1.54) is 4.90 Å². The van der Waals surface area contributed by atoms with E-state index in [1.54, 1.807) is 37.3 Å². The number of amides is 2. The SMILES string of the molecule is CC(C)NC(=O)C(C)N(Cc1ccc(Cl)c(Cl)c1)C(=O)COc1ccc(I)cc1. The fourth-order valence-corrected chi connectivity index (χ4v) is 3.26. The third-order valence-electron chi connectivity index (χ3n) is 4.11. The van der Waals surface area contributed by atoms with Crippen molar-refractivity contribution < 1.29 is 14.3 Å². The van der Waals surface area contributed by atoms with Crippen LogP contribution in [0.5, 0.6) is 5.75 Å². The Balaban J connectivity index is 2.17. The molecular formula is C21H23Cl2IN2O3. The second kappa shape index (κ2) is 11.0. The highest BCUT2D eigenvalue weighted by Crippen LogP contribution is 2.24. The highest BCUT2D eigenvalue weighted by Gasteiger charge is 2.27. The van der Waals surface area contributed by atoms with Gasteiger partial charge in [-0.05, 0) is 85.3 Å². The molecule has 0 saturated heterocycles. The maximum atomic E-state index is 12.9. The molecule has 0 aliphatic heterocycles. The van der Waals surface area contributed by atoms with Crippen molar-refractivity contribution in [3.63, 3.8) is 0 Å². The maximum Gasteiger partial charge on any atom is 0.261 e. The quantitative estimate of drug-likeness (QED) is 0.476. The number of halogens is 3. The van der Waals surface area contributed by atoms with Gasteiger partial charge in [0.05, 0.1) is 10.0 Å². The monoisotopic (exact) mass is 548 g/mol. The van der Waals surface area contributed by atoms with Crippen LogP contribution in [-0.2, 0) is 16.1 Å². The molecule has 29 heavy (non-hydrogen) atoms. The van der Waals surface area contributed by atoms with Crippen LogP contribution in [0.1, 0.15) is 26.3 Å². The molecule has 0 fully saturated rings. The minimum Gasteiger partial charge on any atom is -0.484 e. The molecule has 0 aromatic heterocycles. The summed E-state index contributed by atoms with van der Waals surface area (Å²) >= 11 is 14.3. The average Bonchev–Trinajstić information content (AvgIpc) is 2.67. The summed E-state index contributed by atoms with van der Waals surface area (Å²) in [6.45, 7) is 5.46. The van der Waals surface area contributed by atoms with Gasteiger partial charge >= 0.3 is 0 Å². The van der Waals surface area contributed by atoms with Crippen LogP contribution in [0, 0.1) is 3.57 Å². The van der Waals surface area contributed by atoms with Gasteiger partial charge in [-0.25, -0.2) is 0 Å². The van der Waals surface area contributed by atoms with E-state index in [2.05, 4.69) is 27.9 Å². The van der Waals surface area contributed by atoms with Crippen LogP contribution < -0.4 is 10.1 Å². The molecule has 2 rings (SSSR count). The number of hydrogen-bond donors (Lipinski definition) is 1. The molecule has 1 N–H and O–H groups in total. The van der Waals surface area contributed by atoms with Crippen molar-refractivity contribution in [2.24, 2.45) is 0 Å². The van der Waals surface area contributed by atoms with Gasteiger partial charge in [0.2, 0.25) is 5.91 Å². The minimum atomic E-state index is -0.681. The van der Waals surface area contributed by atoms with Gasteiger partial charge in [-0.3, -0.25) is 9.59 Å². The highest BCUT2D eigenvalue weighted by molar-refractivity contribution is 14.1. The standard InChI is InChI=1S/C21H23Cl2IN2O3/c1-13(2)25-21(28)14(3)26(11-15-4-9-18(22)19(23)10-15)20(27)12-29-17-7-5-16(24)6-8-17/h4-10,13-14H,11-12H2,1-3H3,(H,25,28). The summed E-state index contributed by atoms with van der Waals surface area (Å²) in [6.07, 6.45) is 0. The fraction of sp³-hybridized carbons (Fsp3) is 0.333. The molecule has 5 nitrogen and oxygen atoms in total. The number of carbonyl (C=O) groups excluding carboxylic acids is 2. The van der Waals surface area contributed by atoms with Crippen molar-refractivity contribution in [1.29, 1.82) is 0 Å². The summed E-state index contributed by atoms with van der Waals surface area (Å²) in [5.41, 5.74) is 0.770. The largest absolute Gasteiger partial charge is 0.484 e. The normalized spacial score (nSPS) is 11.8. The van der Waals surface area contributed by atoms with Gasteiger partial charge in [0, 0.05) is 16.2 Å². The van der Waals surface area contributed by atoms with Crippen LogP contribution in [0.4, 0.5) is 0 Å². The number of rotatable bonds is 8. The van der Waals surface area contributed by atoms with Crippen LogP contribution in [0.2, 0.25) is 10.0 Å². The first-order chi connectivity index (χ1) is 13.7. The van der Waals surface area contributed by atoms with E-state index in [9.17, 15) is 9.59 Å². The maximum absolute atomic E-state index is 12.9. The minimum absolute atomic E-state index is 0.0325. The molecule has 0 aliphatic rings. The Morgan fingerprint density at radius 2 is 1.72 bits per heavy atom. The van der Waals surface area contributed by atoms with E-state index in [1.807, 2.05) is 26.0 Å². The summed E-state index contributed by atoms with van der Waals surface area (Å²) in [6, 6.07) is 11.8. The molecule has 2 amide bonds. The summed E-state index contributed by atoms with van der Waals surface area (Å²) in [5.74, 6) is 0.0521. The van der Waals surface area contributed by atoms with Gasteiger partial charge in [0.25, 0.3) is 5.91 Å². The molecule has 8 heteroatoms. The van der Waals surface area contributed by atoms with E-state index in [-0.39, 0.29) is 31.0 Å². The first-order valence-corrected chi connectivity index (χ1v) is 10.9. The molecule has 156 valence electrons. The van der Waals surface area contributed by atoms with Crippen molar-refractivity contribution in [2.75, 3.05) is 6.61 Å². The van der Waals surface area contributed by atoms with Gasteiger partial charge in [-0.2, -0.15) is 0 Å². The third kappa shape index (κ3) is 7.35. The smallest absolute Gasteiger partial charge is 0.261 e.